The van der Waals surface area contributed by atoms with Gasteiger partial charge in [-0.25, -0.2) is 0 Å². The van der Waals surface area contributed by atoms with Crippen LogP contribution >= 0.6 is 111 Å². The van der Waals surface area contributed by atoms with Gasteiger partial charge in [0.15, 0.2) is 46.3 Å². The molecule has 0 aliphatic rings. The molecule has 0 fully saturated rings. The van der Waals surface area contributed by atoms with Gasteiger partial charge in [0.2, 0.25) is 0 Å². The summed E-state index contributed by atoms with van der Waals surface area (Å²) in [5.41, 5.74) is 23.4. The summed E-state index contributed by atoms with van der Waals surface area (Å²) < 4.78 is 2.02. The van der Waals surface area contributed by atoms with Crippen LogP contribution in [0.2, 0.25) is 0 Å². The fourth-order valence-corrected chi connectivity index (χ4v) is 23.3. The number of ketones is 8. The lowest BCUT2D eigenvalue weighted by Crippen LogP contribution is -2.04. The predicted octanol–water partition coefficient (Wildman–Crippen LogP) is 31.5. The van der Waals surface area contributed by atoms with Gasteiger partial charge < -0.3 is 0 Å². The number of fused-ring (bicyclic) bond motifs is 7. The van der Waals surface area contributed by atoms with Crippen LogP contribution in [0.15, 0.2) is 297 Å². The van der Waals surface area contributed by atoms with Crippen molar-refractivity contribution >= 4 is 234 Å². The first-order valence-corrected chi connectivity index (χ1v) is 53.7. The molecule has 143 heavy (non-hydrogen) atoms. The van der Waals surface area contributed by atoms with E-state index in [9.17, 15) is 38.4 Å². The number of halogens is 2. The van der Waals surface area contributed by atoms with Gasteiger partial charge in [0, 0.05) is 132 Å². The van der Waals surface area contributed by atoms with E-state index in [1.54, 1.807) is 34.8 Å². The SMILES string of the molecule is CC(=O)c1ccc(C(=O)Cc2cccc3ccc(C)nc23)s1.Cc1ccc2cccc(CC(=O)c3cc(C)c(Br)s3)c2n1.Cc1ccc2cccc(CC(=O)c3ccc(C)s3)c2n1.Cc1ccc2cccc(CC(=O)c3ccc(C)s3)c2n1.Cc1ccc2cccc(CC(=O)c3cccs3)c2n1.Cc1ccc2cccc(CC(=O)c3sc(Br)cc3C)c2n1.Cc1ccc2cccc(CC(=O)c3sccc3C)c2n1. The summed E-state index contributed by atoms with van der Waals surface area (Å²) in [6.07, 6.45) is 2.72. The predicted molar refractivity (Wildman–Crippen MR) is 601 cm³/mol. The minimum absolute atomic E-state index is 0.00787. The molecule has 0 N–H and O–H groups in total. The third kappa shape index (κ3) is 27.1. The van der Waals surface area contributed by atoms with Gasteiger partial charge >= 0.3 is 0 Å². The zero-order chi connectivity index (χ0) is 101. The third-order valence-corrected chi connectivity index (χ3v) is 32.7. The number of nitrogens with zero attached hydrogens (tertiary/aromatic N) is 7. The summed E-state index contributed by atoms with van der Waals surface area (Å²) >= 11 is 17.3. The minimum Gasteiger partial charge on any atom is -0.294 e. The Balaban J connectivity index is 0.000000126. The van der Waals surface area contributed by atoms with Crippen LogP contribution in [0.4, 0.5) is 0 Å². The Morgan fingerprint density at radius 1 is 0.231 bits per heavy atom. The Hall–Kier alpha value is -13.4. The normalized spacial score (nSPS) is 10.9. The van der Waals surface area contributed by atoms with Crippen LogP contribution < -0.4 is 0 Å². The molecule has 0 saturated heterocycles. The first-order chi connectivity index (χ1) is 68.8. The molecular formula is C119H101Br2N7O8S7. The van der Waals surface area contributed by atoms with E-state index in [4.69, 9.17) is 0 Å². The van der Waals surface area contributed by atoms with Gasteiger partial charge in [-0.05, 0) is 291 Å². The molecule has 0 atom stereocenters. The van der Waals surface area contributed by atoms with Crippen LogP contribution in [0.5, 0.6) is 0 Å². The van der Waals surface area contributed by atoms with Gasteiger partial charge in [-0.2, -0.15) is 0 Å². The quantitative estimate of drug-likeness (QED) is 0.0575. The van der Waals surface area contributed by atoms with Gasteiger partial charge in [0.1, 0.15) is 0 Å². The van der Waals surface area contributed by atoms with Crippen molar-refractivity contribution in [1.82, 2.24) is 34.9 Å². The second-order valence-corrected chi connectivity index (χ2v) is 45.2. The fourth-order valence-electron chi connectivity index (χ4n) is 16.2. The Bertz CT molecular complexity index is 8210. The highest BCUT2D eigenvalue weighted by molar-refractivity contribution is 9.11. The van der Waals surface area contributed by atoms with Crippen LogP contribution in [-0.4, -0.2) is 81.2 Å². The number of Topliss-reactive ketones (excluding diaryl/α,β-unsaturated/α-hetero) is 8. The lowest BCUT2D eigenvalue weighted by molar-refractivity contribution is 0.0988. The van der Waals surface area contributed by atoms with Crippen LogP contribution in [0.3, 0.4) is 0 Å². The highest BCUT2D eigenvalue weighted by Crippen LogP contribution is 2.35. The summed E-state index contributed by atoms with van der Waals surface area (Å²) in [7, 11) is 0. The van der Waals surface area contributed by atoms with Crippen molar-refractivity contribution in [2.75, 3.05) is 0 Å². The Morgan fingerprint density at radius 2 is 0.517 bits per heavy atom. The molecule has 0 radical (unpaired) electrons. The van der Waals surface area contributed by atoms with Crippen molar-refractivity contribution in [3.05, 3.63) is 442 Å². The number of aromatic nitrogens is 7. The van der Waals surface area contributed by atoms with E-state index >= 15 is 0 Å². The molecule has 14 heterocycles. The van der Waals surface area contributed by atoms with Gasteiger partial charge in [0.25, 0.3) is 0 Å². The first-order valence-electron chi connectivity index (χ1n) is 46.3. The van der Waals surface area contributed by atoms with E-state index < -0.39 is 0 Å². The van der Waals surface area contributed by atoms with Crippen LogP contribution in [0, 0.1) is 83.1 Å². The molecule has 24 heteroatoms. The van der Waals surface area contributed by atoms with Gasteiger partial charge in [-0.1, -0.05) is 176 Å². The zero-order valence-corrected chi connectivity index (χ0v) is 90.1. The molecule has 0 aliphatic heterocycles. The van der Waals surface area contributed by atoms with E-state index in [1.165, 1.54) is 73.4 Å². The third-order valence-electron chi connectivity index (χ3n) is 23.5. The molecule has 14 aromatic heterocycles. The summed E-state index contributed by atoms with van der Waals surface area (Å²) in [5, 5.41) is 11.4. The van der Waals surface area contributed by atoms with E-state index in [0.29, 0.717) is 54.7 Å². The number of para-hydroxylation sites is 7. The molecule has 7 aromatic carbocycles. The lowest BCUT2D eigenvalue weighted by Gasteiger charge is -2.06. The van der Waals surface area contributed by atoms with Crippen molar-refractivity contribution in [1.29, 1.82) is 0 Å². The molecular weight excluding hydrogens is 2040 g/mol. The Kier molecular flexibility index (Phi) is 35.0. The van der Waals surface area contributed by atoms with Crippen molar-refractivity contribution in [2.45, 2.75) is 135 Å². The lowest BCUT2D eigenvalue weighted by atomic mass is 10.0. The summed E-state index contributed by atoms with van der Waals surface area (Å²) in [6.45, 7) is 25.3. The van der Waals surface area contributed by atoms with Crippen molar-refractivity contribution in [3.63, 3.8) is 0 Å². The van der Waals surface area contributed by atoms with Gasteiger partial charge in [-0.15, -0.1) is 79.4 Å². The van der Waals surface area contributed by atoms with Crippen LogP contribution in [0.1, 0.15) is 190 Å². The number of carbonyl (C=O) groups is 8. The standard InChI is InChI=1S/C18H15NO2S.2C17H14BrNOS.3C17H15NOS.C16H13NOS/c1-11-6-7-13-4-3-5-14(18(13)19-11)10-15(21)17-9-8-16(22-17)12(2)20;1-10-8-15(18)21-17(10)14(20)9-13-5-3-4-12-7-6-11(2)19-16(12)13;1-10-8-15(21-17(10)18)14(20)9-13-5-3-4-12-7-6-11(2)19-16(12)13;2*1-11-6-8-13-4-3-5-14(17(13)18-11)10-15(19)16-9-7-12(2)20-16;1-11-8-9-20-17(11)15(19)10-14-5-3-4-13-7-6-12(2)18-16(13)14;1-11-7-8-12-4-2-5-13(16(12)17-11)10-14(18)15-6-3-9-19-15/h3-9H,10H2,1-2H3;2*3-8H,9H2,1-2H3;3*3-9H,10H2,1-2H3;2-9H,10H2,1H3. The Morgan fingerprint density at radius 3 is 0.769 bits per heavy atom. The highest BCUT2D eigenvalue weighted by Gasteiger charge is 2.23. The second kappa shape index (κ2) is 48.1. The largest absolute Gasteiger partial charge is 0.294 e. The molecule has 21 aromatic rings. The molecule has 0 aliphatic carbocycles. The smallest absolute Gasteiger partial charge is 0.177 e. The van der Waals surface area contributed by atoms with Crippen LogP contribution in [-0.2, 0) is 44.9 Å². The molecule has 716 valence electrons. The van der Waals surface area contributed by atoms with Gasteiger partial charge in [0.05, 0.1) is 85.2 Å². The van der Waals surface area contributed by atoms with E-state index in [2.05, 4.69) is 103 Å². The second-order valence-electron chi connectivity index (χ2n) is 34.9. The van der Waals surface area contributed by atoms with E-state index in [-0.39, 0.29) is 46.3 Å². The van der Waals surface area contributed by atoms with Crippen molar-refractivity contribution in [2.24, 2.45) is 0 Å². The minimum atomic E-state index is -0.00787. The summed E-state index contributed by atoms with van der Waals surface area (Å²) in [6, 6.07) is 91.2. The average molecular weight is 2140 g/mol. The number of aryl methyl sites for hydroxylation is 12. The molecule has 15 nitrogen and oxygen atoms in total. The molecule has 0 unspecified atom stereocenters. The Labute approximate surface area is 875 Å². The number of hydrogen-bond acceptors (Lipinski definition) is 22. The monoisotopic (exact) mass is 2140 g/mol. The maximum atomic E-state index is 12.5. The topological polar surface area (TPSA) is 227 Å². The highest BCUT2D eigenvalue weighted by atomic mass is 79.9. The first kappa shape index (κ1) is 104. The molecule has 0 saturated carbocycles. The number of benzene rings is 7. The number of rotatable bonds is 22. The molecule has 0 spiro atoms. The van der Waals surface area contributed by atoms with Crippen molar-refractivity contribution < 1.29 is 38.4 Å². The average Bonchev–Trinajstić information content (AvgIpc) is 1.77. The number of carbonyl (C=O) groups excluding carboxylic acids is 8. The molecule has 0 bridgehead atoms. The maximum absolute atomic E-state index is 12.5. The molecule has 21 rings (SSSR count). The number of thiophene rings is 7. The van der Waals surface area contributed by atoms with Gasteiger partial charge in [-0.3, -0.25) is 73.2 Å². The van der Waals surface area contributed by atoms with Crippen LogP contribution in [0.25, 0.3) is 76.3 Å². The zero-order valence-electron chi connectivity index (χ0n) is 81.2. The summed E-state index contributed by atoms with van der Waals surface area (Å²) in [4.78, 5) is 139. The van der Waals surface area contributed by atoms with E-state index in [0.717, 1.165) is 209 Å². The van der Waals surface area contributed by atoms with E-state index in [1.807, 2.05) is 324 Å². The summed E-state index contributed by atoms with van der Waals surface area (Å²) in [5.74, 6) is 0.973. The number of hydrogen-bond donors (Lipinski definition) is 0. The number of pyridine rings is 7. The van der Waals surface area contributed by atoms with Crippen molar-refractivity contribution in [3.8, 4) is 0 Å². The molecule has 0 amide bonds. The maximum Gasteiger partial charge on any atom is 0.177 e. The fraction of sp³-hybridized carbons (Fsp3) is 0.168.